The summed E-state index contributed by atoms with van der Waals surface area (Å²) in [7, 11) is 0. The van der Waals surface area contributed by atoms with Crippen LogP contribution < -0.4 is 5.73 Å². The van der Waals surface area contributed by atoms with Gasteiger partial charge >= 0.3 is 0 Å². The lowest BCUT2D eigenvalue weighted by atomic mass is 10.0. The van der Waals surface area contributed by atoms with Crippen LogP contribution in [0.25, 0.3) is 28.2 Å². The second-order valence-electron chi connectivity index (χ2n) is 7.94. The Balaban J connectivity index is 1.50. The number of halogens is 3. The first-order valence-corrected chi connectivity index (χ1v) is 10.9. The molecule has 7 nitrogen and oxygen atoms in total. The van der Waals surface area contributed by atoms with E-state index in [0.29, 0.717) is 5.56 Å². The highest BCUT2D eigenvalue weighted by atomic mass is 35.5. The zero-order valence-electron chi connectivity index (χ0n) is 17.5. The molecule has 0 bridgehead atoms. The molecule has 0 saturated carbocycles. The van der Waals surface area contributed by atoms with Crippen molar-refractivity contribution in [2.24, 2.45) is 0 Å². The molecule has 5 rings (SSSR count). The SMILES string of the molecule is Nc1ncc(-c2ccc(CN3CCCC3)cc2)cc1-c1nnnn1-c1c(F)ccc(Cl)c1F. The van der Waals surface area contributed by atoms with Crippen LogP contribution in [0.15, 0.2) is 48.7 Å². The molecule has 2 aromatic carbocycles. The predicted octanol–water partition coefficient (Wildman–Crippen LogP) is 4.50. The van der Waals surface area contributed by atoms with E-state index < -0.39 is 17.3 Å². The fraction of sp³-hybridized carbons (Fsp3) is 0.217. The van der Waals surface area contributed by atoms with E-state index in [4.69, 9.17) is 17.3 Å². The smallest absolute Gasteiger partial charge is 0.191 e. The molecule has 1 fully saturated rings. The molecule has 0 atom stereocenters. The molecule has 0 unspecified atom stereocenters. The quantitative estimate of drug-likeness (QED) is 0.435. The number of aromatic nitrogens is 5. The van der Waals surface area contributed by atoms with E-state index >= 15 is 0 Å². The van der Waals surface area contributed by atoms with Crippen molar-refractivity contribution in [1.29, 1.82) is 0 Å². The number of likely N-dealkylation sites (tertiary alicyclic amines) is 1. The fourth-order valence-corrected chi connectivity index (χ4v) is 4.18. The maximum Gasteiger partial charge on any atom is 0.191 e. The van der Waals surface area contributed by atoms with Crippen molar-refractivity contribution in [3.63, 3.8) is 0 Å². The molecule has 1 aliphatic heterocycles. The molecule has 1 aliphatic rings. The van der Waals surface area contributed by atoms with E-state index in [1.807, 2.05) is 12.1 Å². The predicted molar refractivity (Wildman–Crippen MR) is 122 cm³/mol. The number of rotatable bonds is 5. The number of nitrogen functional groups attached to an aromatic ring is 1. The molecular formula is C23H20ClF2N7. The number of hydrogen-bond acceptors (Lipinski definition) is 6. The average Bonchev–Trinajstić information content (AvgIpc) is 3.50. The number of hydrogen-bond donors (Lipinski definition) is 1. The third kappa shape index (κ3) is 4.17. The van der Waals surface area contributed by atoms with Crippen LogP contribution in [0, 0.1) is 11.6 Å². The normalized spacial score (nSPS) is 14.2. The molecular weight excluding hydrogens is 448 g/mol. The summed E-state index contributed by atoms with van der Waals surface area (Å²) in [6.45, 7) is 3.20. The lowest BCUT2D eigenvalue weighted by molar-refractivity contribution is 0.331. The molecule has 0 radical (unpaired) electrons. The molecule has 0 aliphatic carbocycles. The average molecular weight is 468 g/mol. The monoisotopic (exact) mass is 467 g/mol. The second-order valence-corrected chi connectivity index (χ2v) is 8.35. The van der Waals surface area contributed by atoms with Crippen molar-refractivity contribution < 1.29 is 8.78 Å². The highest BCUT2D eigenvalue weighted by molar-refractivity contribution is 6.30. The molecule has 0 amide bonds. The Morgan fingerprint density at radius 3 is 2.52 bits per heavy atom. The van der Waals surface area contributed by atoms with Gasteiger partial charge in [-0.25, -0.2) is 13.8 Å². The molecule has 0 spiro atoms. The third-order valence-corrected chi connectivity index (χ3v) is 6.04. The number of nitrogens with two attached hydrogens (primary N) is 1. The minimum absolute atomic E-state index is 0.0487. The van der Waals surface area contributed by atoms with E-state index in [0.717, 1.165) is 47.6 Å². The Bertz CT molecular complexity index is 1300. The van der Waals surface area contributed by atoms with Crippen LogP contribution in [0.2, 0.25) is 5.02 Å². The standard InChI is InChI=1S/C23H20ClF2N7/c24-18-7-8-19(25)21(20(18)26)33-23(29-30-31-33)17-11-16(12-28-22(17)27)15-5-3-14(4-6-15)13-32-9-1-2-10-32/h3-8,11-12H,1-2,9-10,13H2,(H2,27,28). The van der Waals surface area contributed by atoms with Crippen LogP contribution in [0.1, 0.15) is 18.4 Å². The third-order valence-electron chi connectivity index (χ3n) is 5.75. The maximum atomic E-state index is 14.6. The van der Waals surface area contributed by atoms with Gasteiger partial charge in [0.15, 0.2) is 17.5 Å². The van der Waals surface area contributed by atoms with Crippen LogP contribution in [0.3, 0.4) is 0 Å². The van der Waals surface area contributed by atoms with Crippen molar-refractivity contribution in [3.8, 4) is 28.2 Å². The van der Waals surface area contributed by atoms with E-state index in [9.17, 15) is 8.78 Å². The largest absolute Gasteiger partial charge is 0.383 e. The number of tetrazole rings is 1. The molecule has 4 aromatic rings. The van der Waals surface area contributed by atoms with Crippen molar-refractivity contribution in [3.05, 3.63) is 70.9 Å². The van der Waals surface area contributed by atoms with Crippen LogP contribution in [0.5, 0.6) is 0 Å². The van der Waals surface area contributed by atoms with Crippen LogP contribution in [-0.4, -0.2) is 43.2 Å². The number of anilines is 1. The Kier molecular flexibility index (Phi) is 5.74. The van der Waals surface area contributed by atoms with Crippen molar-refractivity contribution in [1.82, 2.24) is 30.1 Å². The number of nitrogens with zero attached hydrogens (tertiary/aromatic N) is 6. The van der Waals surface area contributed by atoms with Gasteiger partial charge in [0.25, 0.3) is 0 Å². The zero-order valence-corrected chi connectivity index (χ0v) is 18.3. The van der Waals surface area contributed by atoms with Gasteiger partial charge in [-0.15, -0.1) is 5.10 Å². The Labute approximate surface area is 193 Å². The minimum atomic E-state index is -0.971. The van der Waals surface area contributed by atoms with Gasteiger partial charge in [-0.05, 0) is 65.7 Å². The summed E-state index contributed by atoms with van der Waals surface area (Å²) in [4.78, 5) is 6.70. The van der Waals surface area contributed by atoms with Crippen LogP contribution in [-0.2, 0) is 6.54 Å². The maximum absolute atomic E-state index is 14.6. The molecule has 33 heavy (non-hydrogen) atoms. The summed E-state index contributed by atoms with van der Waals surface area (Å²) in [5.74, 6) is -1.65. The van der Waals surface area contributed by atoms with Crippen molar-refractivity contribution in [2.75, 3.05) is 18.8 Å². The lowest BCUT2D eigenvalue weighted by Crippen LogP contribution is -2.18. The highest BCUT2D eigenvalue weighted by Crippen LogP contribution is 2.32. The number of benzene rings is 2. The Hall–Kier alpha value is -3.43. The zero-order chi connectivity index (χ0) is 22.9. The minimum Gasteiger partial charge on any atom is -0.383 e. The summed E-state index contributed by atoms with van der Waals surface area (Å²) in [5.41, 5.74) is 8.88. The molecule has 10 heteroatoms. The van der Waals surface area contributed by atoms with Gasteiger partial charge in [-0.2, -0.15) is 4.68 Å². The molecule has 2 aromatic heterocycles. The number of pyridine rings is 1. The summed E-state index contributed by atoms with van der Waals surface area (Å²) >= 11 is 5.84. The van der Waals surface area contributed by atoms with Gasteiger partial charge < -0.3 is 5.73 Å². The van der Waals surface area contributed by atoms with E-state index in [1.54, 1.807) is 12.3 Å². The molecule has 3 heterocycles. The summed E-state index contributed by atoms with van der Waals surface area (Å²) in [5, 5.41) is 11.0. The van der Waals surface area contributed by atoms with E-state index in [2.05, 4.69) is 37.5 Å². The lowest BCUT2D eigenvalue weighted by Gasteiger charge is -2.15. The van der Waals surface area contributed by atoms with Crippen LogP contribution in [0.4, 0.5) is 14.6 Å². The van der Waals surface area contributed by atoms with E-state index in [-0.39, 0.29) is 16.7 Å². The molecule has 168 valence electrons. The van der Waals surface area contributed by atoms with E-state index in [1.165, 1.54) is 18.4 Å². The first-order valence-electron chi connectivity index (χ1n) is 10.5. The van der Waals surface area contributed by atoms with Crippen LogP contribution >= 0.6 is 11.6 Å². The fourth-order valence-electron chi connectivity index (χ4n) is 4.03. The first kappa shape index (κ1) is 21.4. The molecule has 1 saturated heterocycles. The van der Waals surface area contributed by atoms with Gasteiger partial charge in [0.2, 0.25) is 0 Å². The summed E-state index contributed by atoms with van der Waals surface area (Å²) < 4.78 is 30.0. The van der Waals surface area contributed by atoms with Crippen molar-refractivity contribution in [2.45, 2.75) is 19.4 Å². The van der Waals surface area contributed by atoms with Crippen molar-refractivity contribution >= 4 is 17.4 Å². The Morgan fingerprint density at radius 1 is 1.00 bits per heavy atom. The van der Waals surface area contributed by atoms with Gasteiger partial charge in [0, 0.05) is 18.3 Å². The second kappa shape index (κ2) is 8.84. The summed E-state index contributed by atoms with van der Waals surface area (Å²) in [6.07, 6.45) is 4.14. The van der Waals surface area contributed by atoms with Gasteiger partial charge in [-0.3, -0.25) is 4.90 Å². The highest BCUT2D eigenvalue weighted by Gasteiger charge is 2.22. The topological polar surface area (TPSA) is 85.8 Å². The molecule has 2 N–H and O–H groups in total. The Morgan fingerprint density at radius 2 is 1.76 bits per heavy atom. The van der Waals surface area contributed by atoms with Gasteiger partial charge in [-0.1, -0.05) is 35.9 Å². The first-order chi connectivity index (χ1) is 16.0. The van der Waals surface area contributed by atoms with Gasteiger partial charge in [0.1, 0.15) is 11.5 Å². The summed E-state index contributed by atoms with van der Waals surface area (Å²) in [6, 6.07) is 12.1. The van der Waals surface area contributed by atoms with Gasteiger partial charge in [0.05, 0.1) is 10.6 Å².